The van der Waals surface area contributed by atoms with Gasteiger partial charge in [0, 0.05) is 18.8 Å². The Bertz CT molecular complexity index is 381. The maximum absolute atomic E-state index is 11.9. The number of nitrogens with one attached hydrogen (secondary N) is 2. The van der Waals surface area contributed by atoms with Crippen LogP contribution >= 0.6 is 24.0 Å². The Kier molecular flexibility index (Phi) is 5.68. The first-order valence-electron chi connectivity index (χ1n) is 5.39. The van der Waals surface area contributed by atoms with E-state index in [4.69, 9.17) is 11.6 Å². The molecule has 1 saturated heterocycles. The summed E-state index contributed by atoms with van der Waals surface area (Å²) < 4.78 is 0. The number of amides is 1. The van der Waals surface area contributed by atoms with E-state index in [9.17, 15) is 4.79 Å². The van der Waals surface area contributed by atoms with Crippen molar-refractivity contribution in [2.75, 3.05) is 13.1 Å². The summed E-state index contributed by atoms with van der Waals surface area (Å²) in [7, 11) is 0. The lowest BCUT2D eigenvalue weighted by atomic mass is 10.1. The van der Waals surface area contributed by atoms with Gasteiger partial charge in [-0.05, 0) is 31.5 Å². The highest BCUT2D eigenvalue weighted by molar-refractivity contribution is 6.32. The van der Waals surface area contributed by atoms with Gasteiger partial charge in [-0.25, -0.2) is 4.98 Å². The zero-order chi connectivity index (χ0) is 11.4. The number of hydrogen-bond donors (Lipinski definition) is 2. The zero-order valence-electron chi connectivity index (χ0n) is 9.28. The van der Waals surface area contributed by atoms with Crippen molar-refractivity contribution in [1.82, 2.24) is 15.6 Å². The van der Waals surface area contributed by atoms with Crippen molar-refractivity contribution in [3.63, 3.8) is 0 Å². The first kappa shape index (κ1) is 14.2. The fourth-order valence-electron chi connectivity index (χ4n) is 1.79. The number of pyridine rings is 1. The number of nitrogens with zero attached hydrogens (tertiary/aromatic N) is 1. The Hall–Kier alpha value is -0.840. The number of rotatable bonds is 2. The average Bonchev–Trinajstić information content (AvgIpc) is 2.31. The van der Waals surface area contributed by atoms with E-state index < -0.39 is 0 Å². The number of piperidine rings is 1. The van der Waals surface area contributed by atoms with E-state index >= 15 is 0 Å². The van der Waals surface area contributed by atoms with Crippen LogP contribution in [-0.4, -0.2) is 30.0 Å². The minimum atomic E-state index is -0.146. The van der Waals surface area contributed by atoms with Gasteiger partial charge in [0.2, 0.25) is 0 Å². The molecule has 94 valence electrons. The molecule has 6 heteroatoms. The normalized spacial score (nSPS) is 19.2. The van der Waals surface area contributed by atoms with Crippen molar-refractivity contribution in [2.24, 2.45) is 0 Å². The van der Waals surface area contributed by atoms with Gasteiger partial charge < -0.3 is 10.6 Å². The molecule has 0 saturated carbocycles. The number of carbonyl (C=O) groups excluding carboxylic acids is 1. The molecule has 0 aliphatic carbocycles. The van der Waals surface area contributed by atoms with Gasteiger partial charge in [0.15, 0.2) is 0 Å². The molecule has 4 nitrogen and oxygen atoms in total. The molecule has 0 spiro atoms. The molecule has 1 amide bonds. The average molecular weight is 276 g/mol. The maximum Gasteiger partial charge on any atom is 0.254 e. The van der Waals surface area contributed by atoms with Crippen LogP contribution in [-0.2, 0) is 0 Å². The van der Waals surface area contributed by atoms with Crippen LogP contribution in [0.3, 0.4) is 0 Å². The molecule has 17 heavy (non-hydrogen) atoms. The van der Waals surface area contributed by atoms with Crippen molar-refractivity contribution in [3.8, 4) is 0 Å². The smallest absolute Gasteiger partial charge is 0.254 e. The summed E-state index contributed by atoms with van der Waals surface area (Å²) in [5, 5.41) is 6.45. The molecule has 0 bridgehead atoms. The van der Waals surface area contributed by atoms with E-state index in [2.05, 4.69) is 15.6 Å². The lowest BCUT2D eigenvalue weighted by Gasteiger charge is -2.23. The Morgan fingerprint density at radius 2 is 2.41 bits per heavy atom. The highest BCUT2D eigenvalue weighted by Gasteiger charge is 2.17. The van der Waals surface area contributed by atoms with Gasteiger partial charge in [-0.2, -0.15) is 0 Å². The first-order chi connectivity index (χ1) is 7.77. The summed E-state index contributed by atoms with van der Waals surface area (Å²) in [5.74, 6) is -0.146. The van der Waals surface area contributed by atoms with Crippen LogP contribution in [0.1, 0.15) is 23.2 Å². The molecule has 1 unspecified atom stereocenters. The minimum absolute atomic E-state index is 0. The van der Waals surface area contributed by atoms with Gasteiger partial charge in [-0.3, -0.25) is 4.79 Å². The van der Waals surface area contributed by atoms with Crippen LogP contribution in [0.4, 0.5) is 0 Å². The van der Waals surface area contributed by atoms with Gasteiger partial charge in [-0.15, -0.1) is 12.4 Å². The SMILES string of the molecule is Cl.O=C(NC1CCCNC1)c1cccnc1Cl. The third-order valence-electron chi connectivity index (χ3n) is 2.64. The third-order valence-corrected chi connectivity index (χ3v) is 2.94. The Morgan fingerprint density at radius 1 is 1.59 bits per heavy atom. The fourth-order valence-corrected chi connectivity index (χ4v) is 2.00. The molecule has 2 heterocycles. The van der Waals surface area contributed by atoms with E-state index in [0.717, 1.165) is 25.9 Å². The quantitative estimate of drug-likeness (QED) is 0.807. The van der Waals surface area contributed by atoms with E-state index in [0.29, 0.717) is 5.56 Å². The highest BCUT2D eigenvalue weighted by atomic mass is 35.5. The van der Waals surface area contributed by atoms with E-state index in [-0.39, 0.29) is 29.5 Å². The fraction of sp³-hybridized carbons (Fsp3) is 0.455. The number of carbonyl (C=O) groups is 1. The molecule has 0 radical (unpaired) electrons. The second-order valence-corrected chi connectivity index (χ2v) is 4.22. The van der Waals surface area contributed by atoms with Crippen LogP contribution < -0.4 is 10.6 Å². The van der Waals surface area contributed by atoms with Gasteiger partial charge in [-0.1, -0.05) is 11.6 Å². The Labute approximate surface area is 112 Å². The Balaban J connectivity index is 0.00000144. The van der Waals surface area contributed by atoms with Crippen molar-refractivity contribution >= 4 is 29.9 Å². The summed E-state index contributed by atoms with van der Waals surface area (Å²) in [5.41, 5.74) is 0.440. The summed E-state index contributed by atoms with van der Waals surface area (Å²) in [6, 6.07) is 3.58. The van der Waals surface area contributed by atoms with Crippen molar-refractivity contribution in [3.05, 3.63) is 29.0 Å². The van der Waals surface area contributed by atoms with E-state index in [1.165, 1.54) is 0 Å². The zero-order valence-corrected chi connectivity index (χ0v) is 10.9. The van der Waals surface area contributed by atoms with E-state index in [1.807, 2.05) is 0 Å². The topological polar surface area (TPSA) is 54.0 Å². The summed E-state index contributed by atoms with van der Waals surface area (Å²) in [6.07, 6.45) is 3.67. The molecule has 1 aliphatic rings. The maximum atomic E-state index is 11.9. The van der Waals surface area contributed by atoms with Gasteiger partial charge in [0.05, 0.1) is 5.56 Å². The van der Waals surface area contributed by atoms with Crippen molar-refractivity contribution in [1.29, 1.82) is 0 Å². The van der Waals surface area contributed by atoms with Crippen LogP contribution in [0, 0.1) is 0 Å². The molecule has 2 rings (SSSR count). The summed E-state index contributed by atoms with van der Waals surface area (Å²) >= 11 is 5.85. The van der Waals surface area contributed by atoms with Crippen LogP contribution in [0.25, 0.3) is 0 Å². The summed E-state index contributed by atoms with van der Waals surface area (Å²) in [6.45, 7) is 1.85. The highest BCUT2D eigenvalue weighted by Crippen LogP contribution is 2.12. The van der Waals surface area contributed by atoms with Crippen molar-refractivity contribution in [2.45, 2.75) is 18.9 Å². The molecule has 1 aromatic rings. The predicted molar refractivity (Wildman–Crippen MR) is 69.9 cm³/mol. The number of aromatic nitrogens is 1. The number of halogens is 2. The monoisotopic (exact) mass is 275 g/mol. The molecule has 1 fully saturated rings. The largest absolute Gasteiger partial charge is 0.348 e. The molecule has 1 aromatic heterocycles. The third kappa shape index (κ3) is 3.84. The van der Waals surface area contributed by atoms with Crippen LogP contribution in [0.15, 0.2) is 18.3 Å². The molecular formula is C11H15Cl2N3O. The lowest BCUT2D eigenvalue weighted by molar-refractivity contribution is 0.0930. The summed E-state index contributed by atoms with van der Waals surface area (Å²) in [4.78, 5) is 15.8. The predicted octanol–water partition coefficient (Wildman–Crippen LogP) is 1.64. The number of hydrogen-bond acceptors (Lipinski definition) is 3. The molecule has 1 atom stereocenters. The molecule has 2 N–H and O–H groups in total. The van der Waals surface area contributed by atoms with E-state index in [1.54, 1.807) is 18.3 Å². The van der Waals surface area contributed by atoms with Gasteiger partial charge in [0.25, 0.3) is 5.91 Å². The van der Waals surface area contributed by atoms with Crippen molar-refractivity contribution < 1.29 is 4.79 Å². The standard InChI is InChI=1S/C11H14ClN3O.ClH/c12-10-9(4-2-6-14-10)11(16)15-8-3-1-5-13-7-8;/h2,4,6,8,13H,1,3,5,7H2,(H,15,16);1H. The second kappa shape index (κ2) is 6.79. The Morgan fingerprint density at radius 3 is 3.06 bits per heavy atom. The first-order valence-corrected chi connectivity index (χ1v) is 5.77. The molecular weight excluding hydrogens is 261 g/mol. The van der Waals surface area contributed by atoms with Gasteiger partial charge in [0.1, 0.15) is 5.15 Å². The van der Waals surface area contributed by atoms with Crippen LogP contribution in [0.5, 0.6) is 0 Å². The van der Waals surface area contributed by atoms with Gasteiger partial charge >= 0.3 is 0 Å². The second-order valence-electron chi connectivity index (χ2n) is 3.86. The lowest BCUT2D eigenvalue weighted by Crippen LogP contribution is -2.45. The molecule has 1 aliphatic heterocycles. The minimum Gasteiger partial charge on any atom is -0.348 e. The van der Waals surface area contributed by atoms with Crippen LogP contribution in [0.2, 0.25) is 5.15 Å². The molecule has 0 aromatic carbocycles.